The van der Waals surface area contributed by atoms with Crippen molar-refractivity contribution in [3.05, 3.63) is 0 Å². The summed E-state index contributed by atoms with van der Waals surface area (Å²) in [4.78, 5) is 0. The van der Waals surface area contributed by atoms with Crippen molar-refractivity contribution in [2.24, 2.45) is 5.41 Å². The maximum atomic E-state index is 5.41. The lowest BCUT2D eigenvalue weighted by Crippen LogP contribution is -2.29. The van der Waals surface area contributed by atoms with Gasteiger partial charge < -0.3 is 10.1 Å². The van der Waals surface area contributed by atoms with Gasteiger partial charge in [0.05, 0.1) is 6.10 Å². The molecule has 0 heterocycles. The average molecular weight is 187 g/mol. The molecule has 0 aliphatic carbocycles. The molecule has 13 heavy (non-hydrogen) atoms. The van der Waals surface area contributed by atoms with Gasteiger partial charge in [0.15, 0.2) is 0 Å². The predicted octanol–water partition coefficient (Wildman–Crippen LogP) is 2.44. The number of rotatable bonds is 6. The van der Waals surface area contributed by atoms with E-state index in [1.807, 2.05) is 6.92 Å². The lowest BCUT2D eigenvalue weighted by molar-refractivity contribution is 0.0757. The molecule has 0 rings (SSSR count). The first-order valence-electron chi connectivity index (χ1n) is 5.28. The Balaban J connectivity index is 3.25. The molecule has 80 valence electrons. The molecule has 0 aromatic heterocycles. The van der Waals surface area contributed by atoms with Crippen molar-refractivity contribution in [3.63, 3.8) is 0 Å². The monoisotopic (exact) mass is 187 g/mol. The minimum absolute atomic E-state index is 0.338. The Morgan fingerprint density at radius 1 is 1.31 bits per heavy atom. The van der Waals surface area contributed by atoms with Crippen molar-refractivity contribution in [2.75, 3.05) is 19.7 Å². The minimum Gasteiger partial charge on any atom is -0.377 e. The van der Waals surface area contributed by atoms with E-state index in [0.29, 0.717) is 11.5 Å². The van der Waals surface area contributed by atoms with Crippen LogP contribution in [0.25, 0.3) is 0 Å². The van der Waals surface area contributed by atoms with Crippen molar-refractivity contribution in [2.45, 2.75) is 47.1 Å². The number of hydrogen-bond donors (Lipinski definition) is 1. The lowest BCUT2D eigenvalue weighted by Gasteiger charge is -2.19. The fraction of sp³-hybridized carbons (Fsp3) is 1.00. The first-order chi connectivity index (χ1) is 5.95. The summed E-state index contributed by atoms with van der Waals surface area (Å²) >= 11 is 0. The largest absolute Gasteiger partial charge is 0.377 e. The summed E-state index contributed by atoms with van der Waals surface area (Å²) in [6.07, 6.45) is 1.55. The number of hydrogen-bond acceptors (Lipinski definition) is 2. The van der Waals surface area contributed by atoms with Gasteiger partial charge in [-0.1, -0.05) is 20.8 Å². The molecule has 1 atom stereocenters. The Hall–Kier alpha value is -0.0800. The van der Waals surface area contributed by atoms with E-state index in [2.05, 4.69) is 33.0 Å². The second-order valence-electron chi connectivity index (χ2n) is 4.78. The maximum absolute atomic E-state index is 5.41. The highest BCUT2D eigenvalue weighted by Gasteiger charge is 2.09. The topological polar surface area (TPSA) is 21.3 Å². The zero-order chi connectivity index (χ0) is 10.3. The summed E-state index contributed by atoms with van der Waals surface area (Å²) < 4.78 is 5.41. The van der Waals surface area contributed by atoms with Crippen LogP contribution in [-0.4, -0.2) is 25.8 Å². The normalized spacial score (nSPS) is 14.5. The molecule has 0 amide bonds. The molecular formula is C11H25NO. The summed E-state index contributed by atoms with van der Waals surface area (Å²) in [5.74, 6) is 0. The van der Waals surface area contributed by atoms with Gasteiger partial charge in [0.2, 0.25) is 0 Å². The van der Waals surface area contributed by atoms with Gasteiger partial charge in [0, 0.05) is 13.2 Å². The summed E-state index contributed by atoms with van der Waals surface area (Å²) in [6, 6.07) is 0. The highest BCUT2D eigenvalue weighted by molar-refractivity contribution is 4.64. The van der Waals surface area contributed by atoms with E-state index in [-0.39, 0.29) is 0 Å². The third-order valence-corrected chi connectivity index (χ3v) is 1.93. The van der Waals surface area contributed by atoms with Gasteiger partial charge in [-0.3, -0.25) is 0 Å². The highest BCUT2D eigenvalue weighted by atomic mass is 16.5. The molecule has 0 aliphatic heterocycles. The van der Waals surface area contributed by atoms with Gasteiger partial charge >= 0.3 is 0 Å². The van der Waals surface area contributed by atoms with Gasteiger partial charge in [0.25, 0.3) is 0 Å². The van der Waals surface area contributed by atoms with Gasteiger partial charge in [-0.05, 0) is 32.2 Å². The highest BCUT2D eigenvalue weighted by Crippen LogP contribution is 2.16. The standard InChI is InChI=1S/C11H25NO/c1-6-13-10(2)9-12-8-7-11(3,4)5/h10,12H,6-9H2,1-5H3. The molecule has 2 nitrogen and oxygen atoms in total. The molecule has 0 fully saturated rings. The smallest absolute Gasteiger partial charge is 0.0671 e. The van der Waals surface area contributed by atoms with Crippen LogP contribution in [0.2, 0.25) is 0 Å². The molecule has 0 aliphatic rings. The van der Waals surface area contributed by atoms with Crippen LogP contribution in [0.4, 0.5) is 0 Å². The maximum Gasteiger partial charge on any atom is 0.0671 e. The Morgan fingerprint density at radius 3 is 2.38 bits per heavy atom. The van der Waals surface area contributed by atoms with Crippen molar-refractivity contribution in [1.29, 1.82) is 0 Å². The van der Waals surface area contributed by atoms with Crippen LogP contribution in [-0.2, 0) is 4.74 Å². The van der Waals surface area contributed by atoms with E-state index in [9.17, 15) is 0 Å². The third kappa shape index (κ3) is 9.84. The van der Waals surface area contributed by atoms with Crippen molar-refractivity contribution in [1.82, 2.24) is 5.32 Å². The van der Waals surface area contributed by atoms with E-state index in [0.717, 1.165) is 19.7 Å². The van der Waals surface area contributed by atoms with Crippen molar-refractivity contribution in [3.8, 4) is 0 Å². The van der Waals surface area contributed by atoms with Crippen LogP contribution in [0.5, 0.6) is 0 Å². The van der Waals surface area contributed by atoms with Crippen LogP contribution in [0.1, 0.15) is 41.0 Å². The molecule has 0 saturated heterocycles. The molecular weight excluding hydrogens is 162 g/mol. The fourth-order valence-electron chi connectivity index (χ4n) is 1.11. The number of ether oxygens (including phenoxy) is 1. The van der Waals surface area contributed by atoms with E-state index in [4.69, 9.17) is 4.74 Å². The SMILES string of the molecule is CCOC(C)CNCCC(C)(C)C. The zero-order valence-electron chi connectivity index (χ0n) is 9.81. The molecule has 0 bridgehead atoms. The summed E-state index contributed by atoms with van der Waals surface area (Å²) in [5, 5.41) is 3.40. The molecule has 0 aromatic rings. The fourth-order valence-corrected chi connectivity index (χ4v) is 1.11. The zero-order valence-corrected chi connectivity index (χ0v) is 9.81. The molecule has 0 radical (unpaired) electrons. The van der Waals surface area contributed by atoms with E-state index >= 15 is 0 Å². The van der Waals surface area contributed by atoms with E-state index in [1.54, 1.807) is 0 Å². The second kappa shape index (κ2) is 6.39. The Kier molecular flexibility index (Phi) is 6.35. The van der Waals surface area contributed by atoms with Crippen LogP contribution in [0.3, 0.4) is 0 Å². The summed E-state index contributed by atoms with van der Waals surface area (Å²) in [7, 11) is 0. The van der Waals surface area contributed by atoms with Gasteiger partial charge in [-0.25, -0.2) is 0 Å². The van der Waals surface area contributed by atoms with E-state index < -0.39 is 0 Å². The van der Waals surface area contributed by atoms with Crippen LogP contribution in [0.15, 0.2) is 0 Å². The van der Waals surface area contributed by atoms with Crippen LogP contribution >= 0.6 is 0 Å². The van der Waals surface area contributed by atoms with Crippen LogP contribution in [0, 0.1) is 5.41 Å². The quantitative estimate of drug-likeness (QED) is 0.645. The lowest BCUT2D eigenvalue weighted by atomic mass is 9.92. The van der Waals surface area contributed by atoms with Crippen molar-refractivity contribution < 1.29 is 4.74 Å². The van der Waals surface area contributed by atoms with Gasteiger partial charge in [-0.2, -0.15) is 0 Å². The van der Waals surface area contributed by atoms with Gasteiger partial charge in [-0.15, -0.1) is 0 Å². The first kappa shape index (κ1) is 12.9. The minimum atomic E-state index is 0.338. The predicted molar refractivity (Wildman–Crippen MR) is 58.0 cm³/mol. The Morgan fingerprint density at radius 2 is 1.92 bits per heavy atom. The van der Waals surface area contributed by atoms with Crippen LogP contribution < -0.4 is 5.32 Å². The van der Waals surface area contributed by atoms with Crippen molar-refractivity contribution >= 4 is 0 Å². The average Bonchev–Trinajstić information content (AvgIpc) is 1.97. The molecule has 0 saturated carbocycles. The summed E-state index contributed by atoms with van der Waals surface area (Å²) in [5.41, 5.74) is 0.432. The third-order valence-electron chi connectivity index (χ3n) is 1.93. The molecule has 2 heteroatoms. The van der Waals surface area contributed by atoms with Gasteiger partial charge in [0.1, 0.15) is 0 Å². The molecule has 1 unspecified atom stereocenters. The van der Waals surface area contributed by atoms with E-state index in [1.165, 1.54) is 6.42 Å². The Labute approximate surface area is 83.1 Å². The Bertz CT molecular complexity index is 118. The molecule has 0 spiro atoms. The molecule has 0 aromatic carbocycles. The molecule has 1 N–H and O–H groups in total. The number of nitrogens with one attached hydrogen (secondary N) is 1. The first-order valence-corrected chi connectivity index (χ1v) is 5.28. The summed E-state index contributed by atoms with van der Waals surface area (Å²) in [6.45, 7) is 13.8. The second-order valence-corrected chi connectivity index (χ2v) is 4.78.